The first-order valence-electron chi connectivity index (χ1n) is 4.98. The fraction of sp³-hybridized carbons (Fsp3) is 0.333. The van der Waals surface area contributed by atoms with Gasteiger partial charge in [0.15, 0.2) is 0 Å². The molecule has 78 valence electrons. The van der Waals surface area contributed by atoms with Crippen molar-refractivity contribution in [3.8, 4) is 0 Å². The van der Waals surface area contributed by atoms with E-state index in [2.05, 4.69) is 0 Å². The summed E-state index contributed by atoms with van der Waals surface area (Å²) in [6.07, 6.45) is 1.04. The minimum absolute atomic E-state index is 0.126. The van der Waals surface area contributed by atoms with Crippen molar-refractivity contribution >= 4 is 11.8 Å². The molecule has 0 spiro atoms. The van der Waals surface area contributed by atoms with Crippen molar-refractivity contribution in [3.05, 3.63) is 35.4 Å². The molecule has 1 N–H and O–H groups in total. The van der Waals surface area contributed by atoms with Gasteiger partial charge in [-0.05, 0) is 24.0 Å². The van der Waals surface area contributed by atoms with Gasteiger partial charge in [0.2, 0.25) is 0 Å². The van der Waals surface area contributed by atoms with E-state index in [0.29, 0.717) is 12.8 Å². The Kier molecular flexibility index (Phi) is 2.54. The van der Waals surface area contributed by atoms with Crippen molar-refractivity contribution in [2.24, 2.45) is 5.92 Å². The van der Waals surface area contributed by atoms with Crippen LogP contribution < -0.4 is 0 Å². The van der Waals surface area contributed by atoms with E-state index in [1.165, 1.54) is 11.1 Å². The Labute approximate surface area is 87.7 Å². The van der Waals surface area contributed by atoms with E-state index in [1.54, 1.807) is 0 Å². The van der Waals surface area contributed by atoms with Crippen LogP contribution in [-0.4, -0.2) is 16.9 Å². The molecule has 0 saturated carbocycles. The van der Waals surface area contributed by atoms with Gasteiger partial charge in [0.1, 0.15) is 12.2 Å². The Bertz CT molecular complexity index is 384. The topological polar surface area (TPSA) is 54.4 Å². The van der Waals surface area contributed by atoms with E-state index >= 15 is 0 Å². The van der Waals surface area contributed by atoms with Crippen molar-refractivity contribution < 1.29 is 14.7 Å². The second kappa shape index (κ2) is 3.85. The van der Waals surface area contributed by atoms with Crippen LogP contribution in [0.1, 0.15) is 17.5 Å². The van der Waals surface area contributed by atoms with Crippen LogP contribution in [0.2, 0.25) is 0 Å². The summed E-state index contributed by atoms with van der Waals surface area (Å²) in [5.74, 6) is -1.31. The van der Waals surface area contributed by atoms with Crippen molar-refractivity contribution in [2.75, 3.05) is 0 Å². The van der Waals surface area contributed by atoms with Gasteiger partial charge in [-0.2, -0.15) is 0 Å². The highest BCUT2D eigenvalue weighted by molar-refractivity contribution is 5.96. The number of fused-ring (bicyclic) bond motifs is 1. The molecule has 3 nitrogen and oxygen atoms in total. The van der Waals surface area contributed by atoms with Crippen molar-refractivity contribution in [1.82, 2.24) is 0 Å². The third-order valence-corrected chi connectivity index (χ3v) is 2.83. The van der Waals surface area contributed by atoms with Crippen LogP contribution in [0.3, 0.4) is 0 Å². The molecule has 0 unspecified atom stereocenters. The maximum atomic E-state index is 11.5. The molecular formula is C12H12O3. The standard InChI is InChI=1S/C12H12O3/c13-11(7-12(14)15)10-5-8-3-1-2-4-9(8)6-10/h1-4,10H,5-7H2,(H,14,15). The molecule has 0 aliphatic heterocycles. The van der Waals surface area contributed by atoms with Crippen molar-refractivity contribution in [2.45, 2.75) is 19.3 Å². The van der Waals surface area contributed by atoms with Crippen LogP contribution in [0.4, 0.5) is 0 Å². The maximum absolute atomic E-state index is 11.5. The average Bonchev–Trinajstić information content (AvgIpc) is 2.59. The fourth-order valence-electron chi connectivity index (χ4n) is 2.08. The van der Waals surface area contributed by atoms with E-state index in [4.69, 9.17) is 5.11 Å². The number of rotatable bonds is 3. The molecule has 1 aromatic rings. The van der Waals surface area contributed by atoms with E-state index in [9.17, 15) is 9.59 Å². The zero-order chi connectivity index (χ0) is 10.8. The summed E-state index contributed by atoms with van der Waals surface area (Å²) in [5.41, 5.74) is 2.36. The molecular weight excluding hydrogens is 192 g/mol. The monoisotopic (exact) mass is 204 g/mol. The van der Waals surface area contributed by atoms with Gasteiger partial charge in [-0.3, -0.25) is 9.59 Å². The van der Waals surface area contributed by atoms with Crippen molar-refractivity contribution in [3.63, 3.8) is 0 Å². The summed E-state index contributed by atoms with van der Waals surface area (Å²) in [6, 6.07) is 7.90. The molecule has 3 heteroatoms. The van der Waals surface area contributed by atoms with Crippen LogP contribution >= 0.6 is 0 Å². The second-order valence-electron chi connectivity index (χ2n) is 3.91. The van der Waals surface area contributed by atoms with E-state index in [-0.39, 0.29) is 18.1 Å². The molecule has 0 saturated heterocycles. The third kappa shape index (κ3) is 2.06. The molecule has 0 amide bonds. The van der Waals surface area contributed by atoms with Crippen LogP contribution in [0.25, 0.3) is 0 Å². The van der Waals surface area contributed by atoms with Gasteiger partial charge in [-0.25, -0.2) is 0 Å². The lowest BCUT2D eigenvalue weighted by atomic mass is 9.99. The lowest BCUT2D eigenvalue weighted by molar-refractivity contribution is -0.141. The zero-order valence-corrected chi connectivity index (χ0v) is 8.27. The molecule has 0 bridgehead atoms. The van der Waals surface area contributed by atoms with Gasteiger partial charge in [0, 0.05) is 5.92 Å². The molecule has 15 heavy (non-hydrogen) atoms. The van der Waals surface area contributed by atoms with Crippen LogP contribution in [0.5, 0.6) is 0 Å². The number of aliphatic carboxylic acids is 1. The van der Waals surface area contributed by atoms with Gasteiger partial charge >= 0.3 is 5.97 Å². The van der Waals surface area contributed by atoms with E-state index in [1.807, 2.05) is 24.3 Å². The van der Waals surface area contributed by atoms with E-state index in [0.717, 1.165) is 0 Å². The van der Waals surface area contributed by atoms with E-state index < -0.39 is 5.97 Å². The minimum atomic E-state index is -1.03. The minimum Gasteiger partial charge on any atom is -0.481 e. The highest BCUT2D eigenvalue weighted by atomic mass is 16.4. The predicted octanol–water partition coefficient (Wildman–Crippen LogP) is 1.45. The van der Waals surface area contributed by atoms with Gasteiger partial charge in [0.25, 0.3) is 0 Å². The first-order chi connectivity index (χ1) is 7.16. The molecule has 0 heterocycles. The lowest BCUT2D eigenvalue weighted by Gasteiger charge is -2.04. The number of benzene rings is 1. The zero-order valence-electron chi connectivity index (χ0n) is 8.27. The predicted molar refractivity (Wildman–Crippen MR) is 54.6 cm³/mol. The second-order valence-corrected chi connectivity index (χ2v) is 3.91. The maximum Gasteiger partial charge on any atom is 0.310 e. The molecule has 0 radical (unpaired) electrons. The highest BCUT2D eigenvalue weighted by Crippen LogP contribution is 2.27. The SMILES string of the molecule is O=C(O)CC(=O)C1Cc2ccccc2C1. The summed E-state index contributed by atoms with van der Waals surface area (Å²) in [4.78, 5) is 22.0. The molecule has 1 aliphatic rings. The molecule has 1 aliphatic carbocycles. The number of carbonyl (C=O) groups excluding carboxylic acids is 1. The Hall–Kier alpha value is -1.64. The number of carboxylic acid groups (broad SMARTS) is 1. The molecule has 0 aromatic heterocycles. The summed E-state index contributed by atoms with van der Waals surface area (Å²) in [6.45, 7) is 0. The normalized spacial score (nSPS) is 14.9. The highest BCUT2D eigenvalue weighted by Gasteiger charge is 2.27. The van der Waals surface area contributed by atoms with Gasteiger partial charge in [0.05, 0.1) is 0 Å². The summed E-state index contributed by atoms with van der Waals surface area (Å²) in [5, 5.41) is 8.54. The number of Topliss-reactive ketones (excluding diaryl/α,β-unsaturated/α-hetero) is 1. The first-order valence-corrected chi connectivity index (χ1v) is 4.98. The summed E-state index contributed by atoms with van der Waals surface area (Å²) in [7, 11) is 0. The van der Waals surface area contributed by atoms with Gasteiger partial charge in [-0.15, -0.1) is 0 Å². The number of hydrogen-bond acceptors (Lipinski definition) is 2. The Balaban J connectivity index is 2.07. The third-order valence-electron chi connectivity index (χ3n) is 2.83. The van der Waals surface area contributed by atoms with Crippen molar-refractivity contribution in [1.29, 1.82) is 0 Å². The Morgan fingerprint density at radius 2 is 1.73 bits per heavy atom. The van der Waals surface area contributed by atoms with Crippen LogP contribution in [-0.2, 0) is 22.4 Å². The quantitative estimate of drug-likeness (QED) is 0.758. The first kappa shape index (κ1) is 9.90. The number of carboxylic acids is 1. The largest absolute Gasteiger partial charge is 0.481 e. The Morgan fingerprint density at radius 3 is 2.20 bits per heavy atom. The van der Waals surface area contributed by atoms with Crippen LogP contribution in [0.15, 0.2) is 24.3 Å². The fourth-order valence-corrected chi connectivity index (χ4v) is 2.08. The smallest absolute Gasteiger partial charge is 0.310 e. The Morgan fingerprint density at radius 1 is 1.20 bits per heavy atom. The van der Waals surface area contributed by atoms with Gasteiger partial charge in [-0.1, -0.05) is 24.3 Å². The number of ketones is 1. The molecule has 1 aromatic carbocycles. The lowest BCUT2D eigenvalue weighted by Crippen LogP contribution is -2.18. The number of carbonyl (C=O) groups is 2. The van der Waals surface area contributed by atoms with Crippen LogP contribution in [0, 0.1) is 5.92 Å². The molecule has 2 rings (SSSR count). The average molecular weight is 204 g/mol. The molecule has 0 fully saturated rings. The summed E-state index contributed by atoms with van der Waals surface area (Å²) >= 11 is 0. The number of hydrogen-bond donors (Lipinski definition) is 1. The summed E-state index contributed by atoms with van der Waals surface area (Å²) < 4.78 is 0. The molecule has 0 atom stereocenters. The van der Waals surface area contributed by atoms with Gasteiger partial charge < -0.3 is 5.11 Å².